The van der Waals surface area contributed by atoms with Gasteiger partial charge in [-0.2, -0.15) is 4.98 Å². The Morgan fingerprint density at radius 2 is 1.97 bits per heavy atom. The molecule has 29 heavy (non-hydrogen) atoms. The van der Waals surface area contributed by atoms with E-state index in [1.807, 2.05) is 18.3 Å². The fourth-order valence-electron chi connectivity index (χ4n) is 4.30. The topological polar surface area (TPSA) is 47.5 Å². The zero-order valence-corrected chi connectivity index (χ0v) is 17.2. The van der Waals surface area contributed by atoms with Crippen LogP contribution in [0, 0.1) is 5.82 Å². The van der Waals surface area contributed by atoms with E-state index in [1.165, 1.54) is 19.0 Å². The maximum Gasteiger partial charge on any atom is 0.224 e. The van der Waals surface area contributed by atoms with Crippen molar-refractivity contribution in [3.8, 4) is 0 Å². The number of nitrogens with zero attached hydrogens (tertiary/aromatic N) is 5. The number of halogens is 1. The highest BCUT2D eigenvalue weighted by Gasteiger charge is 2.22. The highest BCUT2D eigenvalue weighted by atomic mass is 19.1. The molecule has 156 valence electrons. The summed E-state index contributed by atoms with van der Waals surface area (Å²) in [5.74, 6) is 1.49. The normalized spacial score (nSPS) is 20.7. The van der Waals surface area contributed by atoms with Gasteiger partial charge in [-0.05, 0) is 50.1 Å². The predicted octanol–water partition coefficient (Wildman–Crippen LogP) is 3.23. The molecule has 1 aromatic carbocycles. The van der Waals surface area contributed by atoms with Gasteiger partial charge in [0, 0.05) is 57.2 Å². The smallest absolute Gasteiger partial charge is 0.224 e. The van der Waals surface area contributed by atoms with Crippen LogP contribution < -0.4 is 15.1 Å². The fourth-order valence-corrected chi connectivity index (χ4v) is 4.30. The fraction of sp³-hybridized carbons (Fsp3) is 0.545. The van der Waals surface area contributed by atoms with Gasteiger partial charge in [-0.25, -0.2) is 9.37 Å². The van der Waals surface area contributed by atoms with Crippen molar-refractivity contribution in [3.05, 3.63) is 42.3 Å². The van der Waals surface area contributed by atoms with Crippen LogP contribution in [-0.4, -0.2) is 66.7 Å². The highest BCUT2D eigenvalue weighted by molar-refractivity contribution is 5.48. The Labute approximate surface area is 172 Å². The molecular formula is C22H31FN6. The minimum Gasteiger partial charge on any atom is -0.369 e. The number of benzene rings is 1. The van der Waals surface area contributed by atoms with Gasteiger partial charge in [0.1, 0.15) is 11.6 Å². The standard InChI is InChI=1S/C22H31FN6/c1-2-10-27-12-14-28(15-13-27)21-8-9-24-22(26-21)25-19-6-4-11-29(17-19)20-7-3-5-18(23)16-20/h3,5,7-9,16,19H,2,4,6,10-15,17H2,1H3,(H,24,25,26). The van der Waals surface area contributed by atoms with E-state index in [4.69, 9.17) is 4.98 Å². The van der Waals surface area contributed by atoms with Gasteiger partial charge in [0.15, 0.2) is 0 Å². The number of hydrogen-bond acceptors (Lipinski definition) is 6. The third-order valence-corrected chi connectivity index (χ3v) is 5.80. The second-order valence-corrected chi connectivity index (χ2v) is 7.98. The van der Waals surface area contributed by atoms with E-state index in [1.54, 1.807) is 12.1 Å². The van der Waals surface area contributed by atoms with E-state index >= 15 is 0 Å². The van der Waals surface area contributed by atoms with Crippen molar-refractivity contribution in [2.75, 3.05) is 60.9 Å². The van der Waals surface area contributed by atoms with Crippen molar-refractivity contribution in [1.29, 1.82) is 0 Å². The number of hydrogen-bond donors (Lipinski definition) is 1. The number of anilines is 3. The van der Waals surface area contributed by atoms with Crippen LogP contribution in [0.15, 0.2) is 36.5 Å². The van der Waals surface area contributed by atoms with Crippen molar-refractivity contribution in [1.82, 2.24) is 14.9 Å². The number of aromatic nitrogens is 2. The SMILES string of the molecule is CCCN1CCN(c2ccnc(NC3CCCN(c4cccc(F)c4)C3)n2)CC1. The minimum atomic E-state index is -0.187. The van der Waals surface area contributed by atoms with E-state index in [0.717, 1.165) is 63.6 Å². The summed E-state index contributed by atoms with van der Waals surface area (Å²) in [5, 5.41) is 3.51. The van der Waals surface area contributed by atoms with Crippen molar-refractivity contribution >= 4 is 17.5 Å². The van der Waals surface area contributed by atoms with Crippen LogP contribution in [0.1, 0.15) is 26.2 Å². The molecule has 0 aliphatic carbocycles. The lowest BCUT2D eigenvalue weighted by atomic mass is 10.1. The molecule has 1 aromatic heterocycles. The van der Waals surface area contributed by atoms with Crippen LogP contribution in [0.4, 0.5) is 21.8 Å². The summed E-state index contributed by atoms with van der Waals surface area (Å²) in [6, 6.07) is 9.10. The first-order valence-electron chi connectivity index (χ1n) is 10.8. The van der Waals surface area contributed by atoms with Gasteiger partial charge in [-0.15, -0.1) is 0 Å². The summed E-state index contributed by atoms with van der Waals surface area (Å²) >= 11 is 0. The summed E-state index contributed by atoms with van der Waals surface area (Å²) in [4.78, 5) is 16.3. The number of piperazine rings is 1. The van der Waals surface area contributed by atoms with Gasteiger partial charge >= 0.3 is 0 Å². The molecule has 3 heterocycles. The lowest BCUT2D eigenvalue weighted by Gasteiger charge is -2.36. The molecule has 1 unspecified atom stereocenters. The van der Waals surface area contributed by atoms with Crippen molar-refractivity contribution in [2.45, 2.75) is 32.2 Å². The van der Waals surface area contributed by atoms with Crippen LogP contribution in [0.3, 0.4) is 0 Å². The third kappa shape index (κ3) is 5.15. The molecule has 0 amide bonds. The van der Waals surface area contributed by atoms with Crippen molar-refractivity contribution in [3.63, 3.8) is 0 Å². The molecular weight excluding hydrogens is 367 g/mol. The second-order valence-electron chi connectivity index (χ2n) is 7.98. The number of nitrogens with one attached hydrogen (secondary N) is 1. The first kappa shape index (κ1) is 19.9. The molecule has 6 nitrogen and oxygen atoms in total. The molecule has 2 fully saturated rings. The van der Waals surface area contributed by atoms with Gasteiger partial charge in [0.2, 0.25) is 5.95 Å². The Morgan fingerprint density at radius 3 is 2.76 bits per heavy atom. The van der Waals surface area contributed by atoms with E-state index in [0.29, 0.717) is 5.95 Å². The molecule has 1 atom stereocenters. The molecule has 1 N–H and O–H groups in total. The largest absolute Gasteiger partial charge is 0.369 e. The Balaban J connectivity index is 1.36. The number of piperidine rings is 1. The summed E-state index contributed by atoms with van der Waals surface area (Å²) in [7, 11) is 0. The first-order chi connectivity index (χ1) is 14.2. The summed E-state index contributed by atoms with van der Waals surface area (Å²) in [6.45, 7) is 9.37. The molecule has 0 radical (unpaired) electrons. The number of rotatable bonds is 6. The summed E-state index contributed by atoms with van der Waals surface area (Å²) in [6.07, 6.45) is 5.17. The molecule has 0 saturated carbocycles. The minimum absolute atomic E-state index is 0.187. The molecule has 7 heteroatoms. The summed E-state index contributed by atoms with van der Waals surface area (Å²) < 4.78 is 13.6. The molecule has 0 spiro atoms. The first-order valence-corrected chi connectivity index (χ1v) is 10.8. The van der Waals surface area contributed by atoms with Crippen LogP contribution in [-0.2, 0) is 0 Å². The molecule has 2 aliphatic heterocycles. The Kier molecular flexibility index (Phi) is 6.44. The lowest BCUT2D eigenvalue weighted by Crippen LogP contribution is -2.47. The predicted molar refractivity (Wildman–Crippen MR) is 116 cm³/mol. The Bertz CT molecular complexity index is 792. The summed E-state index contributed by atoms with van der Waals surface area (Å²) in [5.41, 5.74) is 0.941. The molecule has 2 aliphatic rings. The van der Waals surface area contributed by atoms with Crippen LogP contribution in [0.25, 0.3) is 0 Å². The zero-order valence-electron chi connectivity index (χ0n) is 17.2. The second kappa shape index (κ2) is 9.39. The van der Waals surface area contributed by atoms with Gasteiger partial charge in [-0.1, -0.05) is 13.0 Å². The van der Waals surface area contributed by atoms with E-state index in [2.05, 4.69) is 31.9 Å². The average Bonchev–Trinajstić information content (AvgIpc) is 2.75. The molecule has 0 bridgehead atoms. The quantitative estimate of drug-likeness (QED) is 0.806. The maximum absolute atomic E-state index is 13.6. The van der Waals surface area contributed by atoms with Crippen LogP contribution in [0.5, 0.6) is 0 Å². The van der Waals surface area contributed by atoms with E-state index in [-0.39, 0.29) is 11.9 Å². The molecule has 4 rings (SSSR count). The monoisotopic (exact) mass is 398 g/mol. The zero-order chi connectivity index (χ0) is 20.1. The van der Waals surface area contributed by atoms with Crippen molar-refractivity contribution in [2.24, 2.45) is 0 Å². The van der Waals surface area contributed by atoms with Crippen LogP contribution in [0.2, 0.25) is 0 Å². The third-order valence-electron chi connectivity index (χ3n) is 5.80. The van der Waals surface area contributed by atoms with Gasteiger partial charge in [-0.3, -0.25) is 4.90 Å². The Morgan fingerprint density at radius 1 is 1.10 bits per heavy atom. The Hall–Kier alpha value is -2.41. The molecule has 2 saturated heterocycles. The van der Waals surface area contributed by atoms with Crippen molar-refractivity contribution < 1.29 is 4.39 Å². The highest BCUT2D eigenvalue weighted by Crippen LogP contribution is 2.23. The van der Waals surface area contributed by atoms with E-state index < -0.39 is 0 Å². The lowest BCUT2D eigenvalue weighted by molar-refractivity contribution is 0.258. The van der Waals surface area contributed by atoms with E-state index in [9.17, 15) is 4.39 Å². The van der Waals surface area contributed by atoms with Gasteiger partial charge < -0.3 is 15.1 Å². The average molecular weight is 399 g/mol. The van der Waals surface area contributed by atoms with Crippen LogP contribution >= 0.6 is 0 Å². The van der Waals surface area contributed by atoms with Gasteiger partial charge in [0.05, 0.1) is 0 Å². The molecule has 2 aromatic rings. The van der Waals surface area contributed by atoms with Gasteiger partial charge in [0.25, 0.3) is 0 Å². The maximum atomic E-state index is 13.6.